The van der Waals surface area contributed by atoms with Gasteiger partial charge in [0, 0.05) is 17.3 Å². The lowest BCUT2D eigenvalue weighted by molar-refractivity contribution is -0.141. The van der Waals surface area contributed by atoms with Gasteiger partial charge in [-0.2, -0.15) is 0 Å². The van der Waals surface area contributed by atoms with Gasteiger partial charge in [0.1, 0.15) is 6.54 Å². The number of esters is 1. The van der Waals surface area contributed by atoms with E-state index in [1.807, 2.05) is 0 Å². The van der Waals surface area contributed by atoms with Crippen molar-refractivity contribution in [3.05, 3.63) is 35.4 Å². The number of carbonyl (C=O) groups is 1. The molecule has 0 unspecified atom stereocenters. The highest BCUT2D eigenvalue weighted by Crippen LogP contribution is 2.21. The molecule has 3 nitrogen and oxygen atoms in total. The number of nitrogens with zero attached hydrogens (tertiary/aromatic N) is 1. The Bertz CT molecular complexity index is 405. The van der Waals surface area contributed by atoms with Gasteiger partial charge >= 0.3 is 5.97 Å². The molecule has 1 aromatic carbocycles. The molecule has 17 heavy (non-hydrogen) atoms. The Labute approximate surface area is 98.1 Å². The normalized spacial score (nSPS) is 11.1. The zero-order chi connectivity index (χ0) is 12.7. The molecular weight excluding hydrogens is 228 g/mol. The van der Waals surface area contributed by atoms with Crippen LogP contribution in [0.15, 0.2) is 29.3 Å². The average molecular weight is 241 g/mol. The second-order valence-electron chi connectivity index (χ2n) is 3.20. The summed E-state index contributed by atoms with van der Waals surface area (Å²) < 4.78 is 29.8. The highest BCUT2D eigenvalue weighted by molar-refractivity contribution is 5.84. The van der Waals surface area contributed by atoms with E-state index in [1.54, 1.807) is 13.0 Å². The van der Waals surface area contributed by atoms with Gasteiger partial charge in [-0.3, -0.25) is 9.79 Å². The summed E-state index contributed by atoms with van der Waals surface area (Å²) in [6.45, 7) is 1.81. The molecule has 0 saturated carbocycles. The van der Waals surface area contributed by atoms with Crippen LogP contribution in [0.4, 0.5) is 8.78 Å². The molecule has 1 rings (SSSR count). The van der Waals surface area contributed by atoms with E-state index in [9.17, 15) is 13.6 Å². The number of halogens is 2. The Balaban J connectivity index is 2.68. The first-order valence-electron chi connectivity index (χ1n) is 5.17. The number of alkyl halides is 2. The van der Waals surface area contributed by atoms with Crippen molar-refractivity contribution in [2.45, 2.75) is 13.3 Å². The second-order valence-corrected chi connectivity index (χ2v) is 3.20. The first-order valence-corrected chi connectivity index (χ1v) is 5.17. The van der Waals surface area contributed by atoms with Crippen molar-refractivity contribution in [2.75, 3.05) is 13.2 Å². The summed E-state index contributed by atoms with van der Waals surface area (Å²) in [6, 6.07) is 6.02. The molecule has 0 amide bonds. The third kappa shape index (κ3) is 4.30. The molecular formula is C12H13F2NO2. The van der Waals surface area contributed by atoms with Crippen LogP contribution in [0.2, 0.25) is 0 Å². The number of hydrogen-bond acceptors (Lipinski definition) is 3. The van der Waals surface area contributed by atoms with Crippen molar-refractivity contribution in [3.63, 3.8) is 0 Å². The lowest BCUT2D eigenvalue weighted by atomic mass is 10.1. The average Bonchev–Trinajstić information content (AvgIpc) is 2.30. The SMILES string of the molecule is CCOC(=O)CN=Cc1ccccc1C(F)F. The van der Waals surface area contributed by atoms with E-state index in [0.717, 1.165) is 0 Å². The highest BCUT2D eigenvalue weighted by atomic mass is 19.3. The molecule has 0 radical (unpaired) electrons. The van der Waals surface area contributed by atoms with Crippen LogP contribution >= 0.6 is 0 Å². The van der Waals surface area contributed by atoms with E-state index in [0.29, 0.717) is 5.56 Å². The van der Waals surface area contributed by atoms with Gasteiger partial charge in [0.2, 0.25) is 0 Å². The van der Waals surface area contributed by atoms with Crippen LogP contribution in [0.3, 0.4) is 0 Å². The predicted octanol–water partition coefficient (Wildman–Crippen LogP) is 2.61. The maximum atomic E-state index is 12.6. The quantitative estimate of drug-likeness (QED) is 0.587. The molecule has 0 aliphatic heterocycles. The third-order valence-electron chi connectivity index (χ3n) is 1.99. The zero-order valence-corrected chi connectivity index (χ0v) is 9.40. The largest absolute Gasteiger partial charge is 0.465 e. The number of aliphatic imine (C=N–C) groups is 1. The molecule has 0 N–H and O–H groups in total. The molecule has 0 spiro atoms. The van der Waals surface area contributed by atoms with E-state index < -0.39 is 12.4 Å². The lowest BCUT2D eigenvalue weighted by Crippen LogP contribution is -2.07. The summed E-state index contributed by atoms with van der Waals surface area (Å²) in [5.74, 6) is -0.474. The van der Waals surface area contributed by atoms with Gasteiger partial charge in [-0.25, -0.2) is 8.78 Å². The van der Waals surface area contributed by atoms with Crippen LogP contribution in [0.1, 0.15) is 24.5 Å². The molecule has 0 aliphatic rings. The van der Waals surface area contributed by atoms with Gasteiger partial charge in [-0.1, -0.05) is 24.3 Å². The van der Waals surface area contributed by atoms with Gasteiger partial charge in [0.05, 0.1) is 6.61 Å². The van der Waals surface area contributed by atoms with E-state index in [-0.39, 0.29) is 18.7 Å². The fourth-order valence-corrected chi connectivity index (χ4v) is 1.25. The number of ether oxygens (including phenoxy) is 1. The van der Waals surface area contributed by atoms with Crippen LogP contribution in [0, 0.1) is 0 Å². The van der Waals surface area contributed by atoms with E-state index in [4.69, 9.17) is 0 Å². The summed E-state index contributed by atoms with van der Waals surface area (Å²) in [5, 5.41) is 0. The molecule has 0 fully saturated rings. The molecule has 0 atom stereocenters. The molecule has 92 valence electrons. The Morgan fingerprint density at radius 2 is 2.18 bits per heavy atom. The van der Waals surface area contributed by atoms with Crippen molar-refractivity contribution in [2.24, 2.45) is 4.99 Å². The van der Waals surface area contributed by atoms with E-state index in [1.165, 1.54) is 24.4 Å². The van der Waals surface area contributed by atoms with Gasteiger partial charge < -0.3 is 4.74 Å². The van der Waals surface area contributed by atoms with Gasteiger partial charge in [-0.15, -0.1) is 0 Å². The Kier molecular flexibility index (Phi) is 5.26. The maximum absolute atomic E-state index is 12.6. The van der Waals surface area contributed by atoms with Crippen LogP contribution in [0.25, 0.3) is 0 Å². The van der Waals surface area contributed by atoms with E-state index >= 15 is 0 Å². The minimum absolute atomic E-state index is 0.0971. The van der Waals surface area contributed by atoms with Crippen molar-refractivity contribution >= 4 is 12.2 Å². The molecule has 0 bridgehead atoms. The summed E-state index contributed by atoms with van der Waals surface area (Å²) in [5.41, 5.74) is 0.215. The number of benzene rings is 1. The Hall–Kier alpha value is -1.78. The van der Waals surface area contributed by atoms with Crippen LogP contribution in [-0.2, 0) is 9.53 Å². The standard InChI is InChI=1S/C12H13F2NO2/c1-2-17-11(16)8-15-7-9-5-3-4-6-10(9)12(13)14/h3-7,12H,2,8H2,1H3. The molecule has 0 heterocycles. The molecule has 5 heteroatoms. The van der Waals surface area contributed by atoms with Gasteiger partial charge in [0.25, 0.3) is 6.43 Å². The van der Waals surface area contributed by atoms with Crippen molar-refractivity contribution in [1.82, 2.24) is 0 Å². The molecule has 0 aromatic heterocycles. The van der Waals surface area contributed by atoms with Gasteiger partial charge in [-0.05, 0) is 6.92 Å². The molecule has 1 aromatic rings. The van der Waals surface area contributed by atoms with Gasteiger partial charge in [0.15, 0.2) is 0 Å². The van der Waals surface area contributed by atoms with Crippen molar-refractivity contribution < 1.29 is 18.3 Å². The highest BCUT2D eigenvalue weighted by Gasteiger charge is 2.10. The van der Waals surface area contributed by atoms with Crippen LogP contribution in [-0.4, -0.2) is 25.3 Å². The fraction of sp³-hybridized carbons (Fsp3) is 0.333. The topological polar surface area (TPSA) is 38.7 Å². The second kappa shape index (κ2) is 6.73. The minimum atomic E-state index is -2.56. The van der Waals surface area contributed by atoms with Crippen LogP contribution in [0.5, 0.6) is 0 Å². The lowest BCUT2D eigenvalue weighted by Gasteiger charge is -2.03. The molecule has 0 aliphatic carbocycles. The van der Waals surface area contributed by atoms with Crippen LogP contribution < -0.4 is 0 Å². The smallest absolute Gasteiger partial charge is 0.327 e. The van der Waals surface area contributed by atoms with Crippen molar-refractivity contribution in [1.29, 1.82) is 0 Å². The number of hydrogen-bond donors (Lipinski definition) is 0. The monoisotopic (exact) mass is 241 g/mol. The number of rotatable bonds is 5. The predicted molar refractivity (Wildman–Crippen MR) is 60.5 cm³/mol. The summed E-state index contributed by atoms with van der Waals surface area (Å²) in [4.78, 5) is 14.7. The minimum Gasteiger partial charge on any atom is -0.465 e. The number of carbonyl (C=O) groups excluding carboxylic acids is 1. The van der Waals surface area contributed by atoms with Crippen molar-refractivity contribution in [3.8, 4) is 0 Å². The van der Waals surface area contributed by atoms with E-state index in [2.05, 4.69) is 9.73 Å². The zero-order valence-electron chi connectivity index (χ0n) is 9.40. The Morgan fingerprint density at radius 3 is 2.82 bits per heavy atom. The maximum Gasteiger partial charge on any atom is 0.327 e. The summed E-state index contributed by atoms with van der Waals surface area (Å²) >= 11 is 0. The Morgan fingerprint density at radius 1 is 1.47 bits per heavy atom. The summed E-state index contributed by atoms with van der Waals surface area (Å²) in [6.07, 6.45) is -1.29. The molecule has 0 saturated heterocycles. The fourth-order valence-electron chi connectivity index (χ4n) is 1.25. The first kappa shape index (κ1) is 13.3. The first-order chi connectivity index (χ1) is 8.15. The summed E-state index contributed by atoms with van der Waals surface area (Å²) in [7, 11) is 0. The third-order valence-corrected chi connectivity index (χ3v) is 1.99.